The van der Waals surface area contributed by atoms with Crippen LogP contribution in [-0.2, 0) is 9.59 Å². The zero-order valence-corrected chi connectivity index (χ0v) is 9.45. The molecule has 1 heterocycles. The third-order valence-electron chi connectivity index (χ3n) is 2.78. The molecule has 1 saturated heterocycles. The smallest absolute Gasteiger partial charge is 0.230 e. The summed E-state index contributed by atoms with van der Waals surface area (Å²) in [6.07, 6.45) is 1.78. The summed E-state index contributed by atoms with van der Waals surface area (Å²) >= 11 is 0. The molecule has 0 aliphatic carbocycles. The molecule has 0 radical (unpaired) electrons. The highest BCUT2D eigenvalue weighted by Gasteiger charge is 2.27. The van der Waals surface area contributed by atoms with Crippen molar-refractivity contribution >= 4 is 11.7 Å². The molecule has 1 rings (SSSR count). The second-order valence-corrected chi connectivity index (χ2v) is 4.96. The van der Waals surface area contributed by atoms with E-state index in [0.717, 1.165) is 12.8 Å². The van der Waals surface area contributed by atoms with Gasteiger partial charge in [0.25, 0.3) is 0 Å². The van der Waals surface area contributed by atoms with Crippen molar-refractivity contribution in [2.24, 2.45) is 5.41 Å². The minimum atomic E-state index is -0.0905. The fraction of sp³-hybridized carbons (Fsp3) is 0.818. The van der Waals surface area contributed by atoms with Crippen LogP contribution in [0.4, 0.5) is 0 Å². The quantitative estimate of drug-likeness (QED) is 0.680. The van der Waals surface area contributed by atoms with Gasteiger partial charge < -0.3 is 10.0 Å². The first kappa shape index (κ1) is 12.2. The van der Waals surface area contributed by atoms with E-state index < -0.39 is 0 Å². The Morgan fingerprint density at radius 1 is 1.40 bits per heavy atom. The molecule has 15 heavy (non-hydrogen) atoms. The monoisotopic (exact) mass is 213 g/mol. The number of Topliss-reactive ketones (excluding diaryl/α,β-unsaturated/α-hetero) is 1. The van der Waals surface area contributed by atoms with Gasteiger partial charge >= 0.3 is 0 Å². The van der Waals surface area contributed by atoms with Gasteiger partial charge in [-0.1, -0.05) is 13.8 Å². The number of carbonyl (C=O) groups excluding carboxylic acids is 2. The van der Waals surface area contributed by atoms with Gasteiger partial charge in [0.1, 0.15) is 0 Å². The summed E-state index contributed by atoms with van der Waals surface area (Å²) in [5.74, 6) is -0.0387. The molecule has 0 unspecified atom stereocenters. The second kappa shape index (κ2) is 4.75. The van der Waals surface area contributed by atoms with Gasteiger partial charge in [-0.3, -0.25) is 9.59 Å². The molecule has 1 aliphatic heterocycles. The predicted molar refractivity (Wildman–Crippen MR) is 56.3 cm³/mol. The molecule has 86 valence electrons. The number of rotatable bonds is 5. The highest BCUT2D eigenvalue weighted by Crippen LogP contribution is 2.21. The van der Waals surface area contributed by atoms with Crippen LogP contribution in [0.15, 0.2) is 0 Å². The number of likely N-dealkylation sites (tertiary alicyclic amines) is 1. The van der Waals surface area contributed by atoms with Gasteiger partial charge in [-0.25, -0.2) is 0 Å². The second-order valence-electron chi connectivity index (χ2n) is 4.96. The molecule has 0 bridgehead atoms. The molecule has 0 aromatic heterocycles. The average Bonchev–Trinajstić information content (AvgIpc) is 2.45. The van der Waals surface area contributed by atoms with E-state index in [1.165, 1.54) is 0 Å². The summed E-state index contributed by atoms with van der Waals surface area (Å²) in [6.45, 7) is 5.04. The van der Waals surface area contributed by atoms with Gasteiger partial charge in [0, 0.05) is 13.2 Å². The molecule has 0 aromatic carbocycles. The topological polar surface area (TPSA) is 57.6 Å². The molecule has 1 aliphatic rings. The number of hydrogen-bond acceptors (Lipinski definition) is 3. The summed E-state index contributed by atoms with van der Waals surface area (Å²) in [7, 11) is 0. The Morgan fingerprint density at radius 3 is 2.53 bits per heavy atom. The van der Waals surface area contributed by atoms with Crippen molar-refractivity contribution in [3.05, 3.63) is 0 Å². The fourth-order valence-electron chi connectivity index (χ4n) is 1.67. The van der Waals surface area contributed by atoms with Crippen LogP contribution in [0.3, 0.4) is 0 Å². The van der Waals surface area contributed by atoms with Crippen LogP contribution in [0, 0.1) is 5.41 Å². The van der Waals surface area contributed by atoms with Crippen LogP contribution in [0.1, 0.15) is 33.1 Å². The lowest BCUT2D eigenvalue weighted by atomic mass is 9.89. The lowest BCUT2D eigenvalue weighted by molar-refractivity contribution is -0.128. The Labute approximate surface area is 90.3 Å². The van der Waals surface area contributed by atoms with Crippen LogP contribution >= 0.6 is 0 Å². The standard InChI is InChI=1S/C11H19NO3/c1-11(2,8-13)4-3-5-12-7-9(14)6-10(12)15/h13H,3-8H2,1-2H3. The van der Waals surface area contributed by atoms with Crippen LogP contribution in [-0.4, -0.2) is 41.4 Å². The number of hydrogen-bond donors (Lipinski definition) is 1. The zero-order chi connectivity index (χ0) is 11.5. The number of carbonyl (C=O) groups is 2. The molecule has 4 heteroatoms. The van der Waals surface area contributed by atoms with E-state index in [2.05, 4.69) is 0 Å². The lowest BCUT2D eigenvalue weighted by Gasteiger charge is -2.23. The van der Waals surface area contributed by atoms with E-state index >= 15 is 0 Å². The number of amides is 1. The molecule has 0 aromatic rings. The summed E-state index contributed by atoms with van der Waals surface area (Å²) in [4.78, 5) is 23.9. The van der Waals surface area contributed by atoms with Crippen molar-refractivity contribution < 1.29 is 14.7 Å². The first-order chi connectivity index (χ1) is 6.94. The van der Waals surface area contributed by atoms with Crippen LogP contribution in [0.25, 0.3) is 0 Å². The van der Waals surface area contributed by atoms with Gasteiger partial charge in [-0.15, -0.1) is 0 Å². The number of aliphatic hydroxyl groups is 1. The lowest BCUT2D eigenvalue weighted by Crippen LogP contribution is -2.28. The van der Waals surface area contributed by atoms with Crippen LogP contribution in [0.5, 0.6) is 0 Å². The summed E-state index contributed by atoms with van der Waals surface area (Å²) in [6, 6.07) is 0. The van der Waals surface area contributed by atoms with Crippen molar-refractivity contribution in [1.82, 2.24) is 4.90 Å². The van der Waals surface area contributed by atoms with Crippen molar-refractivity contribution in [1.29, 1.82) is 0 Å². The fourth-order valence-corrected chi connectivity index (χ4v) is 1.67. The van der Waals surface area contributed by atoms with E-state index in [4.69, 9.17) is 5.11 Å². The molecular formula is C11H19NO3. The number of aliphatic hydroxyl groups excluding tert-OH is 1. The predicted octanol–water partition coefficient (Wildman–Crippen LogP) is 0.587. The Morgan fingerprint density at radius 2 is 2.07 bits per heavy atom. The molecule has 1 amide bonds. The summed E-state index contributed by atoms with van der Waals surface area (Å²) < 4.78 is 0. The van der Waals surface area contributed by atoms with Gasteiger partial charge in [-0.05, 0) is 18.3 Å². The Hall–Kier alpha value is -0.900. The highest BCUT2D eigenvalue weighted by atomic mass is 16.3. The summed E-state index contributed by atoms with van der Waals surface area (Å²) in [5, 5.41) is 9.05. The summed E-state index contributed by atoms with van der Waals surface area (Å²) in [5.41, 5.74) is -0.0905. The van der Waals surface area contributed by atoms with Crippen molar-refractivity contribution in [2.45, 2.75) is 33.1 Å². The number of nitrogens with zero attached hydrogens (tertiary/aromatic N) is 1. The molecule has 0 spiro atoms. The Balaban J connectivity index is 2.26. The molecule has 4 nitrogen and oxygen atoms in total. The van der Waals surface area contributed by atoms with Gasteiger partial charge in [0.15, 0.2) is 5.78 Å². The molecule has 0 atom stereocenters. The first-order valence-electron chi connectivity index (χ1n) is 5.35. The van der Waals surface area contributed by atoms with E-state index in [-0.39, 0.29) is 36.7 Å². The van der Waals surface area contributed by atoms with Crippen LogP contribution < -0.4 is 0 Å². The minimum Gasteiger partial charge on any atom is -0.396 e. The maximum Gasteiger partial charge on any atom is 0.230 e. The third-order valence-corrected chi connectivity index (χ3v) is 2.78. The third kappa shape index (κ3) is 3.63. The van der Waals surface area contributed by atoms with E-state index in [1.807, 2.05) is 13.8 Å². The Kier molecular flexibility index (Phi) is 3.85. The van der Waals surface area contributed by atoms with Crippen LogP contribution in [0.2, 0.25) is 0 Å². The molecular weight excluding hydrogens is 194 g/mol. The van der Waals surface area contributed by atoms with Crippen molar-refractivity contribution in [3.63, 3.8) is 0 Å². The van der Waals surface area contributed by atoms with Gasteiger partial charge in [0.2, 0.25) is 5.91 Å². The maximum absolute atomic E-state index is 11.3. The number of ketones is 1. The van der Waals surface area contributed by atoms with Crippen molar-refractivity contribution in [3.8, 4) is 0 Å². The highest BCUT2D eigenvalue weighted by molar-refractivity contribution is 6.05. The SMILES string of the molecule is CC(C)(CO)CCCN1CC(=O)CC1=O. The van der Waals surface area contributed by atoms with E-state index in [0.29, 0.717) is 6.54 Å². The average molecular weight is 213 g/mol. The maximum atomic E-state index is 11.3. The first-order valence-corrected chi connectivity index (χ1v) is 5.35. The minimum absolute atomic E-state index is 0.0152. The normalized spacial score (nSPS) is 17.7. The Bertz CT molecular complexity index is 261. The molecule has 0 saturated carbocycles. The van der Waals surface area contributed by atoms with Gasteiger partial charge in [0.05, 0.1) is 13.0 Å². The zero-order valence-electron chi connectivity index (χ0n) is 9.45. The molecule has 1 N–H and O–H groups in total. The van der Waals surface area contributed by atoms with E-state index in [1.54, 1.807) is 4.90 Å². The molecule has 1 fully saturated rings. The largest absolute Gasteiger partial charge is 0.396 e. The van der Waals surface area contributed by atoms with Gasteiger partial charge in [-0.2, -0.15) is 0 Å². The van der Waals surface area contributed by atoms with Crippen molar-refractivity contribution in [2.75, 3.05) is 19.7 Å². The van der Waals surface area contributed by atoms with E-state index in [9.17, 15) is 9.59 Å².